The van der Waals surface area contributed by atoms with E-state index in [2.05, 4.69) is 20.7 Å². The van der Waals surface area contributed by atoms with E-state index in [-0.39, 0.29) is 17.8 Å². The van der Waals surface area contributed by atoms with Gasteiger partial charge in [0.1, 0.15) is 5.75 Å². The lowest BCUT2D eigenvalue weighted by Gasteiger charge is -2.20. The number of anilines is 1. The third-order valence-electron chi connectivity index (χ3n) is 4.03. The number of alkyl halides is 2. The quantitative estimate of drug-likeness (QED) is 0.596. The second kappa shape index (κ2) is 10.4. The minimum Gasteiger partial charge on any atom is -0.434 e. The van der Waals surface area contributed by atoms with Crippen molar-refractivity contribution in [2.24, 2.45) is 0 Å². The lowest BCUT2D eigenvalue weighted by atomic mass is 10.0. The molecule has 0 saturated carbocycles. The maximum Gasteiger partial charge on any atom is 0.387 e. The van der Waals surface area contributed by atoms with Crippen molar-refractivity contribution in [3.63, 3.8) is 0 Å². The molecule has 0 fully saturated rings. The van der Waals surface area contributed by atoms with Crippen molar-refractivity contribution in [3.8, 4) is 5.75 Å². The summed E-state index contributed by atoms with van der Waals surface area (Å²) in [6.07, 6.45) is 0.476. The highest BCUT2D eigenvalue weighted by Gasteiger charge is 2.19. The predicted octanol–water partition coefficient (Wildman–Crippen LogP) is 4.70. The van der Waals surface area contributed by atoms with Gasteiger partial charge in [-0.1, -0.05) is 31.2 Å². The van der Waals surface area contributed by atoms with Crippen LogP contribution in [0.3, 0.4) is 0 Å². The molecule has 0 aromatic heterocycles. The summed E-state index contributed by atoms with van der Waals surface area (Å²) in [6.45, 7) is 2.55. The average Bonchev–Trinajstić information content (AvgIpc) is 2.65. The van der Waals surface area contributed by atoms with E-state index in [9.17, 15) is 18.4 Å². The Morgan fingerprint density at radius 1 is 1.03 bits per heavy atom. The summed E-state index contributed by atoms with van der Waals surface area (Å²) in [5.41, 5.74) is 1.26. The maximum atomic E-state index is 12.7. The normalized spacial score (nSPS) is 11.8. The molecule has 0 heterocycles. The molecule has 1 unspecified atom stereocenters. The fraction of sp³-hybridized carbons (Fsp3) is 0.333. The highest BCUT2D eigenvalue weighted by molar-refractivity contribution is 5.97. The summed E-state index contributed by atoms with van der Waals surface area (Å²) >= 11 is 0. The smallest absolute Gasteiger partial charge is 0.387 e. The molecule has 8 heteroatoms. The second-order valence-electron chi connectivity index (χ2n) is 6.68. The number of hydrogen-bond acceptors (Lipinski definition) is 3. The number of urea groups is 1. The van der Waals surface area contributed by atoms with Crippen LogP contribution in [0.5, 0.6) is 5.75 Å². The lowest BCUT2D eigenvalue weighted by Crippen LogP contribution is -2.34. The van der Waals surface area contributed by atoms with Crippen LogP contribution < -0.4 is 20.7 Å². The highest BCUT2D eigenvalue weighted by Crippen LogP contribution is 2.28. The van der Waals surface area contributed by atoms with E-state index in [1.807, 2.05) is 20.8 Å². The van der Waals surface area contributed by atoms with E-state index in [1.54, 1.807) is 42.5 Å². The van der Waals surface area contributed by atoms with Crippen LogP contribution in [0.15, 0.2) is 48.5 Å². The van der Waals surface area contributed by atoms with Crippen LogP contribution in [-0.4, -0.2) is 24.6 Å². The molecule has 156 valence electrons. The number of amides is 3. The molecule has 0 aliphatic heterocycles. The molecular weight excluding hydrogens is 380 g/mol. The van der Waals surface area contributed by atoms with Crippen molar-refractivity contribution in [1.29, 1.82) is 0 Å². The van der Waals surface area contributed by atoms with Crippen molar-refractivity contribution < 1.29 is 23.1 Å². The Hall–Kier alpha value is -3.16. The van der Waals surface area contributed by atoms with Crippen LogP contribution in [-0.2, 0) is 0 Å². The van der Waals surface area contributed by atoms with Gasteiger partial charge in [0.05, 0.1) is 6.04 Å². The summed E-state index contributed by atoms with van der Waals surface area (Å²) in [5.74, 6) is -0.368. The molecule has 3 N–H and O–H groups in total. The molecule has 1 atom stereocenters. The number of halogens is 2. The van der Waals surface area contributed by atoms with Gasteiger partial charge in [-0.3, -0.25) is 4.79 Å². The van der Waals surface area contributed by atoms with Gasteiger partial charge in [0.2, 0.25) is 0 Å². The Labute approximate surface area is 168 Å². The van der Waals surface area contributed by atoms with E-state index in [4.69, 9.17) is 0 Å². The van der Waals surface area contributed by atoms with Gasteiger partial charge in [0, 0.05) is 22.9 Å². The van der Waals surface area contributed by atoms with Crippen LogP contribution in [0.1, 0.15) is 49.2 Å². The molecule has 2 aromatic carbocycles. The average molecular weight is 405 g/mol. The van der Waals surface area contributed by atoms with E-state index < -0.39 is 18.6 Å². The third kappa shape index (κ3) is 6.74. The first-order valence-electron chi connectivity index (χ1n) is 9.32. The summed E-state index contributed by atoms with van der Waals surface area (Å²) in [6, 6.07) is 11.9. The van der Waals surface area contributed by atoms with Crippen molar-refractivity contribution >= 4 is 17.6 Å². The minimum absolute atomic E-state index is 0.0235. The first-order chi connectivity index (χ1) is 13.8. The molecule has 0 saturated heterocycles. The fourth-order valence-corrected chi connectivity index (χ4v) is 2.78. The Balaban J connectivity index is 2.14. The molecule has 2 aromatic rings. The van der Waals surface area contributed by atoms with Crippen molar-refractivity contribution in [3.05, 3.63) is 59.7 Å². The van der Waals surface area contributed by atoms with Crippen LogP contribution in [0.4, 0.5) is 19.3 Å². The largest absolute Gasteiger partial charge is 0.434 e. The molecule has 3 amide bonds. The van der Waals surface area contributed by atoms with Gasteiger partial charge in [0.25, 0.3) is 5.91 Å². The topological polar surface area (TPSA) is 79.5 Å². The van der Waals surface area contributed by atoms with Crippen LogP contribution in [0.25, 0.3) is 0 Å². The van der Waals surface area contributed by atoms with Gasteiger partial charge >= 0.3 is 12.6 Å². The molecule has 2 rings (SSSR count). The van der Waals surface area contributed by atoms with Crippen LogP contribution in [0, 0.1) is 0 Å². The van der Waals surface area contributed by atoms with Gasteiger partial charge in [0.15, 0.2) is 0 Å². The standard InChI is InChI=1S/C21H25F2N3O3/c1-4-17(16-10-5-6-11-18(16)29-20(22)23)26-19(27)14-8-7-9-15(12-14)25-21(28)24-13(2)3/h5-13,17,20H,4H2,1-3H3,(H,26,27)(H2,24,25,28). The zero-order valence-electron chi connectivity index (χ0n) is 16.5. The summed E-state index contributed by atoms with van der Waals surface area (Å²) < 4.78 is 29.9. The number of para-hydroxylation sites is 1. The molecule has 6 nitrogen and oxygen atoms in total. The number of benzene rings is 2. The molecule has 0 bridgehead atoms. The molecule has 0 aliphatic carbocycles. The van der Waals surface area contributed by atoms with Gasteiger partial charge in [-0.15, -0.1) is 0 Å². The SMILES string of the molecule is CCC(NC(=O)c1cccc(NC(=O)NC(C)C)c1)c1ccccc1OC(F)F. The number of ether oxygens (including phenoxy) is 1. The van der Waals surface area contributed by atoms with Crippen LogP contribution in [0.2, 0.25) is 0 Å². The second-order valence-corrected chi connectivity index (χ2v) is 6.68. The van der Waals surface area contributed by atoms with Crippen LogP contribution >= 0.6 is 0 Å². The molecule has 0 radical (unpaired) electrons. The van der Waals surface area contributed by atoms with E-state index >= 15 is 0 Å². The fourth-order valence-electron chi connectivity index (χ4n) is 2.78. The van der Waals surface area contributed by atoms with E-state index in [1.165, 1.54) is 6.07 Å². The first kappa shape index (κ1) is 22.1. The Kier molecular flexibility index (Phi) is 7.94. The van der Waals surface area contributed by atoms with Gasteiger partial charge < -0.3 is 20.7 Å². The molecule has 0 spiro atoms. The first-order valence-corrected chi connectivity index (χ1v) is 9.32. The molecular formula is C21H25F2N3O3. The summed E-state index contributed by atoms with van der Waals surface area (Å²) in [7, 11) is 0. The van der Waals surface area contributed by atoms with Gasteiger partial charge in [-0.05, 0) is 44.5 Å². The number of nitrogens with one attached hydrogen (secondary N) is 3. The van der Waals surface area contributed by atoms with Crippen molar-refractivity contribution in [1.82, 2.24) is 10.6 Å². The Bertz CT molecular complexity index is 843. The maximum absolute atomic E-state index is 12.7. The summed E-state index contributed by atoms with van der Waals surface area (Å²) in [4.78, 5) is 24.5. The Morgan fingerprint density at radius 2 is 1.76 bits per heavy atom. The van der Waals surface area contributed by atoms with Crippen molar-refractivity contribution in [2.75, 3.05) is 5.32 Å². The molecule has 0 aliphatic rings. The number of rotatable bonds is 8. The van der Waals surface area contributed by atoms with Gasteiger partial charge in [-0.2, -0.15) is 8.78 Å². The third-order valence-corrected chi connectivity index (χ3v) is 4.03. The number of carbonyl (C=O) groups excluding carboxylic acids is 2. The Morgan fingerprint density at radius 3 is 2.41 bits per heavy atom. The van der Waals surface area contributed by atoms with Gasteiger partial charge in [-0.25, -0.2) is 4.79 Å². The zero-order chi connectivity index (χ0) is 21.4. The lowest BCUT2D eigenvalue weighted by molar-refractivity contribution is -0.0506. The van der Waals surface area contributed by atoms with E-state index in [0.717, 1.165) is 0 Å². The zero-order valence-corrected chi connectivity index (χ0v) is 16.5. The number of carbonyl (C=O) groups is 2. The summed E-state index contributed by atoms with van der Waals surface area (Å²) in [5, 5.41) is 8.20. The molecule has 29 heavy (non-hydrogen) atoms. The minimum atomic E-state index is -2.95. The highest BCUT2D eigenvalue weighted by atomic mass is 19.3. The monoisotopic (exact) mass is 405 g/mol. The number of hydrogen-bond donors (Lipinski definition) is 3. The predicted molar refractivity (Wildman–Crippen MR) is 107 cm³/mol. The van der Waals surface area contributed by atoms with Crippen molar-refractivity contribution in [2.45, 2.75) is 45.9 Å². The van der Waals surface area contributed by atoms with E-state index in [0.29, 0.717) is 23.2 Å².